The van der Waals surface area contributed by atoms with Crippen molar-refractivity contribution in [3.8, 4) is 0 Å². The molecule has 2 N–H and O–H groups in total. The molecule has 2 rings (SSSR count). The SMILES string of the molecule is Cc1cc(C(N)c2csc(I)c2)sc1Cl. The molecule has 0 aromatic carbocycles. The Balaban J connectivity index is 2.31. The maximum absolute atomic E-state index is 6.17. The van der Waals surface area contributed by atoms with Crippen molar-refractivity contribution in [3.63, 3.8) is 0 Å². The van der Waals surface area contributed by atoms with Gasteiger partial charge in [0, 0.05) is 4.88 Å². The van der Waals surface area contributed by atoms with E-state index in [0.717, 1.165) is 14.8 Å². The van der Waals surface area contributed by atoms with E-state index in [9.17, 15) is 0 Å². The number of rotatable bonds is 2. The van der Waals surface area contributed by atoms with Crippen molar-refractivity contribution in [1.82, 2.24) is 0 Å². The van der Waals surface area contributed by atoms with E-state index < -0.39 is 0 Å². The lowest BCUT2D eigenvalue weighted by Crippen LogP contribution is -2.08. The van der Waals surface area contributed by atoms with Crippen LogP contribution in [0.3, 0.4) is 0 Å². The molecule has 1 nitrogen and oxygen atoms in total. The van der Waals surface area contributed by atoms with Crippen LogP contribution in [0.25, 0.3) is 0 Å². The standard InChI is InChI=1S/C10H9ClINS2/c1-5-2-7(15-10(5)11)9(13)6-3-8(12)14-4-6/h2-4,9H,13H2,1H3. The minimum atomic E-state index is -0.0408. The number of hydrogen-bond acceptors (Lipinski definition) is 3. The zero-order chi connectivity index (χ0) is 11.0. The van der Waals surface area contributed by atoms with Crippen LogP contribution in [-0.2, 0) is 0 Å². The second kappa shape index (κ2) is 4.71. The number of thiophene rings is 2. The summed E-state index contributed by atoms with van der Waals surface area (Å²) in [5.41, 5.74) is 8.44. The molecule has 0 amide bonds. The quantitative estimate of drug-likeness (QED) is 0.779. The topological polar surface area (TPSA) is 26.0 Å². The summed E-state index contributed by atoms with van der Waals surface area (Å²) in [6, 6.07) is 4.15. The Morgan fingerprint density at radius 1 is 1.47 bits per heavy atom. The molecule has 5 heteroatoms. The summed E-state index contributed by atoms with van der Waals surface area (Å²) in [6.07, 6.45) is 0. The van der Waals surface area contributed by atoms with Gasteiger partial charge in [0.1, 0.15) is 0 Å². The van der Waals surface area contributed by atoms with Gasteiger partial charge >= 0.3 is 0 Å². The Hall–Kier alpha value is 0.380. The third-order valence-corrected chi connectivity index (χ3v) is 5.58. The first-order chi connectivity index (χ1) is 7.08. The van der Waals surface area contributed by atoms with Gasteiger partial charge < -0.3 is 5.73 Å². The van der Waals surface area contributed by atoms with Crippen LogP contribution in [0.5, 0.6) is 0 Å². The van der Waals surface area contributed by atoms with Crippen molar-refractivity contribution in [3.05, 3.63) is 40.7 Å². The molecule has 15 heavy (non-hydrogen) atoms. The maximum Gasteiger partial charge on any atom is 0.0961 e. The summed E-state index contributed by atoms with van der Waals surface area (Å²) in [6.45, 7) is 2.01. The molecular weight excluding hydrogens is 361 g/mol. The van der Waals surface area contributed by atoms with Crippen molar-refractivity contribution in [2.45, 2.75) is 13.0 Å². The van der Waals surface area contributed by atoms with Gasteiger partial charge in [-0.15, -0.1) is 22.7 Å². The Labute approximate surface area is 115 Å². The number of halogens is 2. The zero-order valence-electron chi connectivity index (χ0n) is 7.96. The maximum atomic E-state index is 6.17. The van der Waals surface area contributed by atoms with E-state index in [2.05, 4.69) is 40.1 Å². The molecule has 0 aliphatic rings. The first-order valence-electron chi connectivity index (χ1n) is 4.33. The van der Waals surface area contributed by atoms with Crippen molar-refractivity contribution in [1.29, 1.82) is 0 Å². The van der Waals surface area contributed by atoms with Gasteiger partial charge in [0.25, 0.3) is 0 Å². The Morgan fingerprint density at radius 3 is 2.67 bits per heavy atom. The normalized spacial score (nSPS) is 13.1. The fourth-order valence-corrected chi connectivity index (χ4v) is 3.94. The largest absolute Gasteiger partial charge is 0.320 e. The Bertz CT molecular complexity index is 458. The van der Waals surface area contributed by atoms with Crippen LogP contribution in [0, 0.1) is 9.81 Å². The highest BCUT2D eigenvalue weighted by Crippen LogP contribution is 2.34. The Morgan fingerprint density at radius 2 is 2.20 bits per heavy atom. The predicted octanol–water partition coefficient (Wildman–Crippen LogP) is 4.42. The van der Waals surface area contributed by atoms with Gasteiger partial charge in [0.15, 0.2) is 0 Å². The van der Waals surface area contributed by atoms with Crippen LogP contribution in [0.1, 0.15) is 22.0 Å². The number of hydrogen-bond donors (Lipinski definition) is 1. The monoisotopic (exact) mass is 369 g/mol. The van der Waals surface area contributed by atoms with E-state index >= 15 is 0 Å². The molecule has 1 unspecified atom stereocenters. The van der Waals surface area contributed by atoms with Gasteiger partial charge in [-0.3, -0.25) is 0 Å². The van der Waals surface area contributed by atoms with Crippen molar-refractivity contribution >= 4 is 56.9 Å². The lowest BCUT2D eigenvalue weighted by molar-refractivity contribution is 0.898. The average molecular weight is 370 g/mol. The van der Waals surface area contributed by atoms with Gasteiger partial charge in [-0.25, -0.2) is 0 Å². The molecule has 2 aromatic rings. The van der Waals surface area contributed by atoms with Crippen molar-refractivity contribution in [2.75, 3.05) is 0 Å². The summed E-state index contributed by atoms with van der Waals surface area (Å²) in [7, 11) is 0. The molecule has 0 spiro atoms. The average Bonchev–Trinajstić information content (AvgIpc) is 2.74. The number of nitrogens with two attached hydrogens (primary N) is 1. The molecule has 2 aromatic heterocycles. The van der Waals surface area contributed by atoms with Crippen molar-refractivity contribution < 1.29 is 0 Å². The second-order valence-electron chi connectivity index (χ2n) is 3.27. The fourth-order valence-electron chi connectivity index (χ4n) is 1.29. The minimum absolute atomic E-state index is 0.0408. The van der Waals surface area contributed by atoms with E-state index in [0.29, 0.717) is 0 Å². The molecule has 80 valence electrons. The van der Waals surface area contributed by atoms with Gasteiger partial charge in [-0.1, -0.05) is 11.6 Å². The van der Waals surface area contributed by atoms with Crippen LogP contribution in [0.4, 0.5) is 0 Å². The van der Waals surface area contributed by atoms with Crippen LogP contribution in [0.2, 0.25) is 4.34 Å². The van der Waals surface area contributed by atoms with Crippen LogP contribution in [-0.4, -0.2) is 0 Å². The van der Waals surface area contributed by atoms with Gasteiger partial charge in [0.2, 0.25) is 0 Å². The van der Waals surface area contributed by atoms with E-state index in [1.54, 1.807) is 22.7 Å². The minimum Gasteiger partial charge on any atom is -0.320 e. The summed E-state index contributed by atoms with van der Waals surface area (Å²) in [5, 5.41) is 2.11. The lowest BCUT2D eigenvalue weighted by Gasteiger charge is -2.05. The van der Waals surface area contributed by atoms with Crippen LogP contribution < -0.4 is 5.73 Å². The molecule has 0 saturated carbocycles. The lowest BCUT2D eigenvalue weighted by atomic mass is 10.1. The third-order valence-electron chi connectivity index (χ3n) is 2.13. The summed E-state index contributed by atoms with van der Waals surface area (Å²) >= 11 is 11.6. The first kappa shape index (κ1) is 11.9. The highest BCUT2D eigenvalue weighted by atomic mass is 127. The second-order valence-corrected chi connectivity index (χ2v) is 7.76. The molecule has 1 atom stereocenters. The molecule has 0 bridgehead atoms. The molecular formula is C10H9ClINS2. The third kappa shape index (κ3) is 2.55. The van der Waals surface area contributed by atoms with E-state index in [1.165, 1.54) is 8.45 Å². The van der Waals surface area contributed by atoms with E-state index in [4.69, 9.17) is 17.3 Å². The summed E-state index contributed by atoms with van der Waals surface area (Å²) in [5.74, 6) is 0. The van der Waals surface area contributed by atoms with Gasteiger partial charge in [0.05, 0.1) is 13.3 Å². The first-order valence-corrected chi connectivity index (χ1v) is 7.48. The Kier molecular flexibility index (Phi) is 3.72. The summed E-state index contributed by atoms with van der Waals surface area (Å²) in [4.78, 5) is 1.13. The number of aryl methyl sites for hydroxylation is 1. The van der Waals surface area contributed by atoms with Crippen LogP contribution in [0.15, 0.2) is 17.5 Å². The highest BCUT2D eigenvalue weighted by molar-refractivity contribution is 14.1. The smallest absolute Gasteiger partial charge is 0.0961 e. The fraction of sp³-hybridized carbons (Fsp3) is 0.200. The molecule has 0 fully saturated rings. The van der Waals surface area contributed by atoms with E-state index in [1.807, 2.05) is 6.92 Å². The molecule has 0 saturated heterocycles. The predicted molar refractivity (Wildman–Crippen MR) is 77.1 cm³/mol. The summed E-state index contributed by atoms with van der Waals surface area (Å²) < 4.78 is 2.10. The van der Waals surface area contributed by atoms with Gasteiger partial charge in [-0.05, 0) is 58.2 Å². The highest BCUT2D eigenvalue weighted by Gasteiger charge is 2.14. The zero-order valence-corrected chi connectivity index (χ0v) is 12.5. The van der Waals surface area contributed by atoms with Crippen molar-refractivity contribution in [2.24, 2.45) is 5.73 Å². The van der Waals surface area contributed by atoms with Gasteiger partial charge in [-0.2, -0.15) is 0 Å². The molecule has 2 heterocycles. The molecule has 0 aliphatic carbocycles. The molecule has 0 radical (unpaired) electrons. The molecule has 0 aliphatic heterocycles. The van der Waals surface area contributed by atoms with E-state index in [-0.39, 0.29) is 6.04 Å². The van der Waals surface area contributed by atoms with Crippen LogP contribution >= 0.6 is 56.9 Å².